The van der Waals surface area contributed by atoms with Crippen molar-refractivity contribution in [3.63, 3.8) is 0 Å². The van der Waals surface area contributed by atoms with E-state index in [0.717, 1.165) is 5.92 Å². The molecule has 20 heavy (non-hydrogen) atoms. The quantitative estimate of drug-likeness (QED) is 0.831. The number of rotatable bonds is 4. The topological polar surface area (TPSA) is 55.1 Å². The monoisotopic (exact) mass is 278 g/mol. The molecule has 114 valence electrons. The van der Waals surface area contributed by atoms with E-state index in [9.17, 15) is 4.79 Å². The molecule has 3 aliphatic rings. The molecule has 1 amide bonds. The summed E-state index contributed by atoms with van der Waals surface area (Å²) in [5, 5.41) is 3.32. The van der Waals surface area contributed by atoms with E-state index in [0.29, 0.717) is 17.9 Å². The summed E-state index contributed by atoms with van der Waals surface area (Å²) in [6, 6.07) is 0.548. The number of hydrogen-bond acceptors (Lipinski definition) is 2. The van der Waals surface area contributed by atoms with Gasteiger partial charge in [0, 0.05) is 12.1 Å². The van der Waals surface area contributed by atoms with Crippen LogP contribution in [0, 0.1) is 23.7 Å². The Bertz CT molecular complexity index is 347. The van der Waals surface area contributed by atoms with E-state index in [4.69, 9.17) is 5.73 Å². The van der Waals surface area contributed by atoms with E-state index in [-0.39, 0.29) is 17.9 Å². The third kappa shape index (κ3) is 2.74. The Hall–Kier alpha value is -0.570. The van der Waals surface area contributed by atoms with Gasteiger partial charge < -0.3 is 11.1 Å². The van der Waals surface area contributed by atoms with Crippen molar-refractivity contribution in [3.8, 4) is 0 Å². The van der Waals surface area contributed by atoms with Gasteiger partial charge in [0.05, 0.1) is 5.92 Å². The van der Waals surface area contributed by atoms with Crippen molar-refractivity contribution in [3.05, 3.63) is 0 Å². The first-order chi connectivity index (χ1) is 9.69. The van der Waals surface area contributed by atoms with E-state index in [1.807, 2.05) is 0 Å². The third-order valence-corrected chi connectivity index (χ3v) is 6.17. The maximum atomic E-state index is 12.5. The summed E-state index contributed by atoms with van der Waals surface area (Å²) < 4.78 is 0. The first kappa shape index (κ1) is 14.4. The summed E-state index contributed by atoms with van der Waals surface area (Å²) in [6.07, 6.45) is 11.3. The van der Waals surface area contributed by atoms with Gasteiger partial charge in [0.1, 0.15) is 0 Å². The van der Waals surface area contributed by atoms with Crippen LogP contribution >= 0.6 is 0 Å². The molecule has 4 atom stereocenters. The highest BCUT2D eigenvalue weighted by molar-refractivity contribution is 5.80. The van der Waals surface area contributed by atoms with Crippen molar-refractivity contribution in [1.82, 2.24) is 5.32 Å². The summed E-state index contributed by atoms with van der Waals surface area (Å²) in [5.41, 5.74) is 6.27. The van der Waals surface area contributed by atoms with Gasteiger partial charge in [0.25, 0.3) is 0 Å². The number of fused-ring (bicyclic) bond motifs is 2. The van der Waals surface area contributed by atoms with E-state index in [1.54, 1.807) is 0 Å². The molecule has 0 saturated heterocycles. The highest BCUT2D eigenvalue weighted by Crippen LogP contribution is 2.47. The molecule has 0 spiro atoms. The summed E-state index contributed by atoms with van der Waals surface area (Å²) in [4.78, 5) is 12.5. The van der Waals surface area contributed by atoms with Gasteiger partial charge in [-0.3, -0.25) is 4.79 Å². The molecular formula is C17H30N2O. The van der Waals surface area contributed by atoms with Crippen LogP contribution in [0.25, 0.3) is 0 Å². The van der Waals surface area contributed by atoms with Crippen molar-refractivity contribution in [2.45, 2.75) is 76.8 Å². The number of carbonyl (C=O) groups excluding carboxylic acids is 1. The zero-order valence-corrected chi connectivity index (χ0v) is 12.8. The Morgan fingerprint density at radius 2 is 1.80 bits per heavy atom. The maximum Gasteiger partial charge on any atom is 0.225 e. The number of carbonyl (C=O) groups is 1. The van der Waals surface area contributed by atoms with E-state index in [1.165, 1.54) is 57.8 Å². The lowest BCUT2D eigenvalue weighted by molar-refractivity contribution is -0.128. The first-order valence-electron chi connectivity index (χ1n) is 8.75. The lowest BCUT2D eigenvalue weighted by atomic mass is 9.82. The van der Waals surface area contributed by atoms with Crippen LogP contribution in [0.15, 0.2) is 0 Å². The normalized spacial score (nSPS) is 43.7. The van der Waals surface area contributed by atoms with E-state index >= 15 is 0 Å². The highest BCUT2D eigenvalue weighted by atomic mass is 16.2. The third-order valence-electron chi connectivity index (χ3n) is 6.17. The van der Waals surface area contributed by atoms with Crippen LogP contribution in [0.5, 0.6) is 0 Å². The second-order valence-electron chi connectivity index (χ2n) is 7.45. The molecule has 0 heterocycles. The minimum absolute atomic E-state index is 0.113. The summed E-state index contributed by atoms with van der Waals surface area (Å²) in [5.74, 6) is 2.48. The summed E-state index contributed by atoms with van der Waals surface area (Å²) >= 11 is 0. The van der Waals surface area contributed by atoms with Crippen molar-refractivity contribution < 1.29 is 4.79 Å². The molecule has 3 N–H and O–H groups in total. The van der Waals surface area contributed by atoms with Crippen molar-refractivity contribution >= 4 is 5.91 Å². The first-order valence-corrected chi connectivity index (χ1v) is 8.75. The fourth-order valence-electron chi connectivity index (χ4n) is 5.03. The van der Waals surface area contributed by atoms with E-state index in [2.05, 4.69) is 12.2 Å². The van der Waals surface area contributed by atoms with Crippen LogP contribution in [-0.4, -0.2) is 18.0 Å². The molecule has 3 aliphatic carbocycles. The molecular weight excluding hydrogens is 248 g/mol. The van der Waals surface area contributed by atoms with Gasteiger partial charge in [0.2, 0.25) is 5.91 Å². The molecule has 0 radical (unpaired) electrons. The molecule has 3 rings (SSSR count). The number of amides is 1. The second kappa shape index (κ2) is 6.05. The van der Waals surface area contributed by atoms with Gasteiger partial charge in [0.15, 0.2) is 0 Å². The Morgan fingerprint density at radius 3 is 2.40 bits per heavy atom. The maximum absolute atomic E-state index is 12.5. The number of hydrogen-bond donors (Lipinski definition) is 2. The van der Waals surface area contributed by atoms with Crippen molar-refractivity contribution in [1.29, 1.82) is 0 Å². The average Bonchev–Trinajstić information content (AvgIpc) is 3.02. The Kier molecular flexibility index (Phi) is 4.34. The zero-order chi connectivity index (χ0) is 14.1. The number of nitrogens with one attached hydrogen (secondary N) is 1. The van der Waals surface area contributed by atoms with E-state index < -0.39 is 0 Å². The standard InChI is InChI=1S/C17H30N2O/c1-2-3-11-4-8-14(9-5-11)19-17(20)15-12-6-7-13(10-12)16(15)18/h11-16H,2-10,18H2,1H3,(H,19,20). The fourth-order valence-corrected chi connectivity index (χ4v) is 5.03. The van der Waals surface area contributed by atoms with Crippen LogP contribution < -0.4 is 11.1 Å². The highest BCUT2D eigenvalue weighted by Gasteiger charge is 2.49. The second-order valence-corrected chi connectivity index (χ2v) is 7.45. The van der Waals surface area contributed by atoms with Crippen LogP contribution in [0.2, 0.25) is 0 Å². The molecule has 2 bridgehead atoms. The SMILES string of the molecule is CCCC1CCC(NC(=O)C2C3CCC(C3)C2N)CC1. The van der Waals surface area contributed by atoms with Crippen LogP contribution in [0.3, 0.4) is 0 Å². The zero-order valence-electron chi connectivity index (χ0n) is 12.8. The van der Waals surface area contributed by atoms with Crippen LogP contribution in [0.1, 0.15) is 64.7 Å². The van der Waals surface area contributed by atoms with Gasteiger partial charge in [-0.2, -0.15) is 0 Å². The molecule has 3 fully saturated rings. The lowest BCUT2D eigenvalue weighted by Crippen LogP contribution is -2.48. The molecule has 0 aliphatic heterocycles. The Balaban J connectivity index is 1.48. The van der Waals surface area contributed by atoms with Crippen molar-refractivity contribution in [2.24, 2.45) is 29.4 Å². The van der Waals surface area contributed by atoms with Gasteiger partial charge in [-0.25, -0.2) is 0 Å². The Labute approximate surface area is 123 Å². The fraction of sp³-hybridized carbons (Fsp3) is 0.941. The molecule has 0 aromatic rings. The minimum Gasteiger partial charge on any atom is -0.353 e. The average molecular weight is 278 g/mol. The molecule has 3 saturated carbocycles. The molecule has 0 aromatic heterocycles. The van der Waals surface area contributed by atoms with Crippen LogP contribution in [0.4, 0.5) is 0 Å². The largest absolute Gasteiger partial charge is 0.353 e. The summed E-state index contributed by atoms with van der Waals surface area (Å²) in [6.45, 7) is 2.27. The predicted octanol–water partition coefficient (Wildman–Crippen LogP) is 2.83. The smallest absolute Gasteiger partial charge is 0.225 e. The van der Waals surface area contributed by atoms with Crippen LogP contribution in [-0.2, 0) is 4.79 Å². The molecule has 4 unspecified atom stereocenters. The van der Waals surface area contributed by atoms with Gasteiger partial charge in [-0.1, -0.05) is 19.8 Å². The molecule has 3 nitrogen and oxygen atoms in total. The molecule has 0 aromatic carbocycles. The summed E-state index contributed by atoms with van der Waals surface area (Å²) in [7, 11) is 0. The van der Waals surface area contributed by atoms with Gasteiger partial charge in [-0.05, 0) is 62.7 Å². The lowest BCUT2D eigenvalue weighted by Gasteiger charge is -2.32. The van der Waals surface area contributed by atoms with Gasteiger partial charge >= 0.3 is 0 Å². The number of nitrogens with two attached hydrogens (primary N) is 1. The predicted molar refractivity (Wildman–Crippen MR) is 81.1 cm³/mol. The minimum atomic E-state index is 0.113. The Morgan fingerprint density at radius 1 is 1.10 bits per heavy atom. The van der Waals surface area contributed by atoms with Gasteiger partial charge in [-0.15, -0.1) is 0 Å². The molecule has 3 heteroatoms. The van der Waals surface area contributed by atoms with Crippen molar-refractivity contribution in [2.75, 3.05) is 0 Å².